The molecule has 1 atom stereocenters. The van der Waals surface area contributed by atoms with Crippen molar-refractivity contribution in [2.75, 3.05) is 0 Å². The van der Waals surface area contributed by atoms with E-state index in [-0.39, 0.29) is 0 Å². The Morgan fingerprint density at radius 1 is 0.459 bits per heavy atom. The summed E-state index contributed by atoms with van der Waals surface area (Å²) in [6.45, 7) is 0. The second-order valence-electron chi connectivity index (χ2n) is 15.5. The zero-order chi connectivity index (χ0) is 40.3. The molecule has 61 heavy (non-hydrogen) atoms. The highest BCUT2D eigenvalue weighted by Gasteiger charge is 2.24. The molecule has 0 spiro atoms. The summed E-state index contributed by atoms with van der Waals surface area (Å²) in [6.07, 6.45) is -0.530. The summed E-state index contributed by atoms with van der Waals surface area (Å²) in [5.41, 5.74) is 11.5. The number of amidine groups is 2. The maximum Gasteiger partial charge on any atom is 0.0828 e. The third-order valence-electron chi connectivity index (χ3n) is 11.9. The van der Waals surface area contributed by atoms with Gasteiger partial charge in [0.15, 0.2) is 0 Å². The quantitative estimate of drug-likeness (QED) is 0.155. The molecule has 0 N–H and O–H groups in total. The van der Waals surface area contributed by atoms with Crippen LogP contribution in [-0.4, -0.2) is 21.2 Å². The Morgan fingerprint density at radius 2 is 1.11 bits per heavy atom. The molecule has 11 aromatic rings. The first kappa shape index (κ1) is 34.9. The lowest BCUT2D eigenvalue weighted by Gasteiger charge is -2.33. The number of aromatic nitrogens is 2. The highest BCUT2D eigenvalue weighted by atomic mass is 15.2. The van der Waals surface area contributed by atoms with E-state index in [1.807, 2.05) is 36.4 Å². The predicted molar refractivity (Wildman–Crippen MR) is 254 cm³/mol. The van der Waals surface area contributed by atoms with Gasteiger partial charge in [-0.3, -0.25) is 4.99 Å². The Bertz CT molecular complexity index is 3550. The van der Waals surface area contributed by atoms with E-state index in [9.17, 15) is 0 Å². The highest BCUT2D eigenvalue weighted by molar-refractivity contribution is 6.30. The molecule has 0 fully saturated rings. The summed E-state index contributed by atoms with van der Waals surface area (Å²) >= 11 is 0. The molecule has 286 valence electrons. The summed E-state index contributed by atoms with van der Waals surface area (Å²) in [4.78, 5) is 15.6. The maximum absolute atomic E-state index is 5.30. The Labute approximate surface area is 352 Å². The van der Waals surface area contributed by atoms with Crippen LogP contribution in [0.1, 0.15) is 22.9 Å². The van der Waals surface area contributed by atoms with E-state index in [1.54, 1.807) is 0 Å². The van der Waals surface area contributed by atoms with Gasteiger partial charge in [-0.25, -0.2) is 4.98 Å². The van der Waals surface area contributed by atoms with Crippen LogP contribution >= 0.6 is 0 Å². The molecular weight excluding hydrogens is 743 g/mol. The van der Waals surface area contributed by atoms with E-state index >= 15 is 0 Å². The van der Waals surface area contributed by atoms with E-state index in [4.69, 9.17) is 20.3 Å². The number of hydrogen-bond acceptors (Lipinski definition) is 3. The van der Waals surface area contributed by atoms with Gasteiger partial charge in [0.1, 0.15) is 0 Å². The third kappa shape index (κ3) is 5.82. The molecule has 2 aromatic heterocycles. The largest absolute Gasteiger partial charge is 0.438 e. The first-order chi connectivity index (χ1) is 30.3. The zero-order valence-corrected chi connectivity index (χ0v) is 33.0. The fourth-order valence-corrected chi connectivity index (χ4v) is 9.19. The minimum atomic E-state index is -0.530. The van der Waals surface area contributed by atoms with E-state index < -0.39 is 6.17 Å². The SMILES string of the molecule is c1ccc(C2=NC(c3ccccc3-c3cccc4c5c6c(ccc5n(-c5ccc7ccccc7c5)c34)c(-c3ccccc3)nc3ccccc36)[N-]C(c3ccccc3)=N2)cc1. The van der Waals surface area contributed by atoms with E-state index in [1.165, 1.54) is 21.5 Å². The average molecular weight is 779 g/mol. The van der Waals surface area contributed by atoms with Crippen molar-refractivity contribution in [1.29, 1.82) is 0 Å². The van der Waals surface area contributed by atoms with Crippen molar-refractivity contribution >= 4 is 65.9 Å². The second-order valence-corrected chi connectivity index (χ2v) is 15.5. The van der Waals surface area contributed by atoms with Crippen molar-refractivity contribution in [2.24, 2.45) is 9.98 Å². The predicted octanol–water partition coefficient (Wildman–Crippen LogP) is 14.3. The molecule has 1 aliphatic rings. The van der Waals surface area contributed by atoms with Crippen LogP contribution < -0.4 is 0 Å². The van der Waals surface area contributed by atoms with Crippen molar-refractivity contribution in [3.8, 4) is 28.1 Å². The summed E-state index contributed by atoms with van der Waals surface area (Å²) in [5.74, 6) is 1.33. The fraction of sp³-hybridized carbons (Fsp3) is 0.0179. The first-order valence-corrected chi connectivity index (χ1v) is 20.7. The minimum Gasteiger partial charge on any atom is -0.438 e. The first-order valence-electron chi connectivity index (χ1n) is 20.7. The Morgan fingerprint density at radius 3 is 1.93 bits per heavy atom. The highest BCUT2D eigenvalue weighted by Crippen LogP contribution is 2.46. The molecule has 5 heteroatoms. The number of hydrogen-bond donors (Lipinski definition) is 0. The monoisotopic (exact) mass is 778 g/mol. The molecule has 1 unspecified atom stereocenters. The number of pyridine rings is 1. The van der Waals surface area contributed by atoms with Crippen molar-refractivity contribution < 1.29 is 0 Å². The van der Waals surface area contributed by atoms with Crippen LogP contribution in [0.5, 0.6) is 0 Å². The summed E-state index contributed by atoms with van der Waals surface area (Å²) in [7, 11) is 0. The molecule has 0 bridgehead atoms. The molecular formula is C56H36N5-. The summed E-state index contributed by atoms with van der Waals surface area (Å²) in [5, 5.41) is 13.5. The fourth-order valence-electron chi connectivity index (χ4n) is 9.19. The molecule has 0 saturated carbocycles. The number of aliphatic imine (C=N–C) groups is 2. The molecule has 9 aromatic carbocycles. The molecule has 0 aliphatic carbocycles. The topological polar surface area (TPSA) is 56.6 Å². The number of nitrogens with zero attached hydrogens (tertiary/aromatic N) is 5. The van der Waals surface area contributed by atoms with Gasteiger partial charge in [0.25, 0.3) is 0 Å². The number of benzene rings is 9. The van der Waals surface area contributed by atoms with Gasteiger partial charge >= 0.3 is 0 Å². The molecule has 0 saturated heterocycles. The minimum absolute atomic E-state index is 0.530. The van der Waals surface area contributed by atoms with Crippen molar-refractivity contribution in [2.45, 2.75) is 6.17 Å². The van der Waals surface area contributed by atoms with Gasteiger partial charge in [0, 0.05) is 43.7 Å². The van der Waals surface area contributed by atoms with Gasteiger partial charge in [-0.05, 0) is 57.3 Å². The average Bonchev–Trinajstić information content (AvgIpc) is 3.69. The summed E-state index contributed by atoms with van der Waals surface area (Å²) < 4.78 is 2.47. The van der Waals surface area contributed by atoms with Gasteiger partial charge in [-0.15, -0.1) is 0 Å². The summed E-state index contributed by atoms with van der Waals surface area (Å²) in [6, 6.07) is 74.8. The lowest BCUT2D eigenvalue weighted by Crippen LogP contribution is -2.16. The van der Waals surface area contributed by atoms with Crippen LogP contribution in [0, 0.1) is 0 Å². The molecule has 5 nitrogen and oxygen atoms in total. The van der Waals surface area contributed by atoms with Gasteiger partial charge in [0.2, 0.25) is 0 Å². The van der Waals surface area contributed by atoms with E-state index in [0.717, 1.165) is 77.5 Å². The van der Waals surface area contributed by atoms with Crippen LogP contribution in [-0.2, 0) is 0 Å². The van der Waals surface area contributed by atoms with Crippen molar-refractivity contribution in [3.05, 3.63) is 234 Å². The van der Waals surface area contributed by atoms with Gasteiger partial charge < -0.3 is 14.9 Å². The Hall–Kier alpha value is -8.15. The van der Waals surface area contributed by atoms with Crippen LogP contribution in [0.4, 0.5) is 0 Å². The smallest absolute Gasteiger partial charge is 0.0828 e. The van der Waals surface area contributed by atoms with Crippen molar-refractivity contribution in [1.82, 2.24) is 9.55 Å². The normalized spacial score (nSPS) is 14.1. The lowest BCUT2D eigenvalue weighted by molar-refractivity contribution is 0.880. The molecule has 0 amide bonds. The van der Waals surface area contributed by atoms with Gasteiger partial charge in [-0.2, -0.15) is 0 Å². The van der Waals surface area contributed by atoms with Crippen LogP contribution in [0.25, 0.3) is 87.6 Å². The molecule has 3 heterocycles. The van der Waals surface area contributed by atoms with Gasteiger partial charge in [0.05, 0.1) is 34.2 Å². The second kappa shape index (κ2) is 14.3. The van der Waals surface area contributed by atoms with Crippen LogP contribution in [0.2, 0.25) is 0 Å². The van der Waals surface area contributed by atoms with Gasteiger partial charge in [-0.1, -0.05) is 194 Å². The van der Waals surface area contributed by atoms with E-state index in [2.05, 4.69) is 180 Å². The zero-order valence-electron chi connectivity index (χ0n) is 33.0. The molecule has 0 radical (unpaired) electrons. The maximum atomic E-state index is 5.30. The molecule has 12 rings (SSSR count). The standard InChI is InChI=1S/C56H36N5/c1-4-18-37(19-5-1)52-46-33-34-49-51(50(46)45-27-14-15-30-48(45)57-52)47-29-16-28-43(53(47)61(49)41-32-31-36-17-10-11-24-40(36)35-41)42-25-12-13-26-44(42)56-59-54(38-20-6-2-7-21-38)58-55(60-56)39-22-8-3-9-23-39/h1-35,56H/q-1. The van der Waals surface area contributed by atoms with Crippen LogP contribution in [0.15, 0.2) is 222 Å². The Balaban J connectivity index is 1.17. The number of fused-ring (bicyclic) bond motifs is 8. The molecule has 1 aliphatic heterocycles. The third-order valence-corrected chi connectivity index (χ3v) is 11.9. The van der Waals surface area contributed by atoms with E-state index in [0.29, 0.717) is 11.7 Å². The number of rotatable bonds is 6. The number of para-hydroxylation sites is 2. The lowest BCUT2D eigenvalue weighted by atomic mass is 9.93. The Kier molecular flexibility index (Phi) is 8.17. The van der Waals surface area contributed by atoms with Crippen molar-refractivity contribution in [3.63, 3.8) is 0 Å². The van der Waals surface area contributed by atoms with Crippen LogP contribution in [0.3, 0.4) is 0 Å².